The number of hydrogen-bond acceptors (Lipinski definition) is 2. The third-order valence-corrected chi connectivity index (χ3v) is 3.64. The largest absolute Gasteiger partial charge is 0.357 e. The molecule has 27 heavy (non-hydrogen) atoms. The molecule has 0 radical (unpaired) electrons. The number of carbonyl (C=O) groups is 1. The highest BCUT2D eigenvalue weighted by Gasteiger charge is 2.06. The number of unbranched alkanes of at least 4 members (excludes halogenated alkanes) is 1. The van der Waals surface area contributed by atoms with Crippen LogP contribution < -0.4 is 16.0 Å². The van der Waals surface area contributed by atoms with Gasteiger partial charge < -0.3 is 20.9 Å². The normalized spacial score (nSPS) is 10.8. The van der Waals surface area contributed by atoms with Gasteiger partial charge in [-0.05, 0) is 51.3 Å². The number of nitrogens with one attached hydrogen (secondary N) is 3. The number of amides is 2. The summed E-state index contributed by atoms with van der Waals surface area (Å²) in [7, 11) is 2.05. The highest BCUT2D eigenvalue weighted by atomic mass is 127. The summed E-state index contributed by atoms with van der Waals surface area (Å²) in [5.41, 5.74) is 1.86. The van der Waals surface area contributed by atoms with Gasteiger partial charge in [0.2, 0.25) is 0 Å². The van der Waals surface area contributed by atoms with Crippen LogP contribution in [0.3, 0.4) is 0 Å². The Bertz CT molecular complexity index is 587. The lowest BCUT2D eigenvalue weighted by Gasteiger charge is -2.21. The molecule has 3 N–H and O–H groups in total. The average Bonchev–Trinajstić information content (AvgIpc) is 2.59. The lowest BCUT2D eigenvalue weighted by atomic mass is 10.2. The Hall–Kier alpha value is -1.77. The second kappa shape index (κ2) is 14.3. The van der Waals surface area contributed by atoms with Gasteiger partial charge in [0.15, 0.2) is 5.96 Å². The average molecular weight is 487 g/mol. The number of urea groups is 1. The molecule has 1 rings (SSSR count). The van der Waals surface area contributed by atoms with E-state index >= 15 is 0 Å². The number of nitrogens with zero attached hydrogens (tertiary/aromatic N) is 2. The second-order valence-corrected chi connectivity index (χ2v) is 6.47. The van der Waals surface area contributed by atoms with Crippen LogP contribution in [-0.4, -0.2) is 43.1 Å². The van der Waals surface area contributed by atoms with Gasteiger partial charge in [-0.2, -0.15) is 0 Å². The predicted molar refractivity (Wildman–Crippen MR) is 126 cm³/mol. The maximum Gasteiger partial charge on any atom is 0.319 e. The van der Waals surface area contributed by atoms with Crippen LogP contribution in [0.25, 0.3) is 0 Å². The van der Waals surface area contributed by atoms with Crippen LogP contribution in [0.1, 0.15) is 39.2 Å². The van der Waals surface area contributed by atoms with Crippen molar-refractivity contribution >= 4 is 41.7 Å². The monoisotopic (exact) mass is 487 g/mol. The van der Waals surface area contributed by atoms with Crippen LogP contribution in [0, 0.1) is 0 Å². The van der Waals surface area contributed by atoms with E-state index in [0.29, 0.717) is 6.54 Å². The lowest BCUT2D eigenvalue weighted by Crippen LogP contribution is -2.39. The fourth-order valence-electron chi connectivity index (χ4n) is 2.34. The van der Waals surface area contributed by atoms with Gasteiger partial charge in [-0.25, -0.2) is 9.79 Å². The number of halogens is 1. The van der Waals surface area contributed by atoms with Crippen molar-refractivity contribution in [3.05, 3.63) is 42.5 Å². The quantitative estimate of drug-likeness (QED) is 0.161. The minimum absolute atomic E-state index is 0. The number of guanidine groups is 1. The van der Waals surface area contributed by atoms with E-state index in [9.17, 15) is 4.79 Å². The molecule has 0 saturated heterocycles. The zero-order chi connectivity index (χ0) is 19.4. The Kier molecular flexibility index (Phi) is 13.4. The summed E-state index contributed by atoms with van der Waals surface area (Å²) in [6.07, 6.45) is 4.00. The van der Waals surface area contributed by atoms with Crippen molar-refractivity contribution in [1.29, 1.82) is 0 Å². The fourth-order valence-corrected chi connectivity index (χ4v) is 2.34. The highest BCUT2D eigenvalue weighted by Crippen LogP contribution is 2.10. The van der Waals surface area contributed by atoms with Crippen molar-refractivity contribution in [2.75, 3.05) is 25.5 Å². The van der Waals surface area contributed by atoms with Gasteiger partial charge in [-0.15, -0.1) is 30.6 Å². The number of carbonyl (C=O) groups excluding carboxylic acids is 1. The summed E-state index contributed by atoms with van der Waals surface area (Å²) in [4.78, 5) is 18.6. The van der Waals surface area contributed by atoms with Gasteiger partial charge in [0.25, 0.3) is 0 Å². The molecule has 0 atom stereocenters. The van der Waals surface area contributed by atoms with Crippen molar-refractivity contribution in [2.45, 2.75) is 46.2 Å². The van der Waals surface area contributed by atoms with E-state index in [0.717, 1.165) is 43.1 Å². The zero-order valence-electron chi connectivity index (χ0n) is 16.9. The van der Waals surface area contributed by atoms with E-state index in [1.807, 2.05) is 51.2 Å². The first kappa shape index (κ1) is 25.2. The van der Waals surface area contributed by atoms with Gasteiger partial charge in [-0.1, -0.05) is 18.2 Å². The molecule has 0 bridgehead atoms. The first-order valence-electron chi connectivity index (χ1n) is 9.23. The Labute approximate surface area is 180 Å². The van der Waals surface area contributed by atoms with Gasteiger partial charge in [-0.3, -0.25) is 0 Å². The minimum Gasteiger partial charge on any atom is -0.357 e. The van der Waals surface area contributed by atoms with E-state index in [1.165, 1.54) is 0 Å². The number of aliphatic imine (C=N–C) groups is 1. The molecule has 0 aromatic heterocycles. The van der Waals surface area contributed by atoms with Crippen LogP contribution in [0.2, 0.25) is 0 Å². The SMILES string of the molecule is C=CCCCN(C)C(=NCc1ccc(NC(=O)NC(C)C)cc1)NCC.I. The van der Waals surface area contributed by atoms with E-state index < -0.39 is 0 Å². The summed E-state index contributed by atoms with van der Waals surface area (Å²) in [5.74, 6) is 0.898. The summed E-state index contributed by atoms with van der Waals surface area (Å²) in [6, 6.07) is 7.67. The third-order valence-electron chi connectivity index (χ3n) is 3.64. The molecule has 1 aromatic rings. The molecule has 0 unspecified atom stereocenters. The third kappa shape index (κ3) is 10.8. The van der Waals surface area contributed by atoms with Crippen LogP contribution in [0.4, 0.5) is 10.5 Å². The molecular formula is C20H34IN5O. The predicted octanol–water partition coefficient (Wildman–Crippen LogP) is 4.20. The minimum atomic E-state index is -0.193. The van der Waals surface area contributed by atoms with E-state index in [2.05, 4.69) is 34.4 Å². The van der Waals surface area contributed by atoms with Gasteiger partial charge >= 0.3 is 6.03 Å². The molecule has 0 aliphatic rings. The number of hydrogen-bond donors (Lipinski definition) is 3. The molecule has 0 aliphatic carbocycles. The van der Waals surface area contributed by atoms with Crippen LogP contribution in [0.15, 0.2) is 41.9 Å². The smallest absolute Gasteiger partial charge is 0.319 e. The maximum atomic E-state index is 11.7. The topological polar surface area (TPSA) is 68.8 Å². The molecule has 7 heteroatoms. The molecule has 1 aromatic carbocycles. The molecule has 0 fully saturated rings. The maximum absolute atomic E-state index is 11.7. The molecule has 0 saturated carbocycles. The molecule has 6 nitrogen and oxygen atoms in total. The standard InChI is InChI=1S/C20H33N5O.HI/c1-6-8-9-14-25(5)19(21-7-2)22-15-17-10-12-18(13-11-17)24-20(26)23-16(3)4;/h6,10-13,16H,1,7-9,14-15H2,2-5H3,(H,21,22)(H2,23,24,26);1H. The number of benzene rings is 1. The van der Waals surface area contributed by atoms with Gasteiger partial charge in [0.05, 0.1) is 6.54 Å². The van der Waals surface area contributed by atoms with Crippen molar-refractivity contribution in [3.63, 3.8) is 0 Å². The fraction of sp³-hybridized carbons (Fsp3) is 0.500. The van der Waals surface area contributed by atoms with E-state index in [-0.39, 0.29) is 36.0 Å². The van der Waals surface area contributed by atoms with Crippen LogP contribution in [-0.2, 0) is 6.54 Å². The van der Waals surface area contributed by atoms with Crippen molar-refractivity contribution < 1.29 is 4.79 Å². The molecule has 0 spiro atoms. The first-order valence-corrected chi connectivity index (χ1v) is 9.23. The number of anilines is 1. The van der Waals surface area contributed by atoms with Gasteiger partial charge in [0, 0.05) is 31.9 Å². The number of allylic oxidation sites excluding steroid dienone is 1. The van der Waals surface area contributed by atoms with Crippen molar-refractivity contribution in [1.82, 2.24) is 15.5 Å². The van der Waals surface area contributed by atoms with Crippen molar-refractivity contribution in [2.24, 2.45) is 4.99 Å². The first-order chi connectivity index (χ1) is 12.5. The molecule has 0 heterocycles. The summed E-state index contributed by atoms with van der Waals surface area (Å²) < 4.78 is 0. The molecule has 152 valence electrons. The molecular weight excluding hydrogens is 453 g/mol. The molecule has 0 aliphatic heterocycles. The molecule has 2 amide bonds. The van der Waals surface area contributed by atoms with Gasteiger partial charge in [0.1, 0.15) is 0 Å². The lowest BCUT2D eigenvalue weighted by molar-refractivity contribution is 0.250. The highest BCUT2D eigenvalue weighted by molar-refractivity contribution is 14.0. The van der Waals surface area contributed by atoms with Crippen LogP contribution >= 0.6 is 24.0 Å². The summed E-state index contributed by atoms with van der Waals surface area (Å²) >= 11 is 0. The Morgan fingerprint density at radius 3 is 2.52 bits per heavy atom. The van der Waals surface area contributed by atoms with E-state index in [4.69, 9.17) is 4.99 Å². The number of rotatable bonds is 9. The van der Waals surface area contributed by atoms with Crippen molar-refractivity contribution in [3.8, 4) is 0 Å². The summed E-state index contributed by atoms with van der Waals surface area (Å²) in [5, 5.41) is 8.94. The second-order valence-electron chi connectivity index (χ2n) is 6.47. The Morgan fingerprint density at radius 1 is 1.30 bits per heavy atom. The van der Waals surface area contributed by atoms with Crippen LogP contribution in [0.5, 0.6) is 0 Å². The van der Waals surface area contributed by atoms with E-state index in [1.54, 1.807) is 0 Å². The Balaban J connectivity index is 0.00000676. The summed E-state index contributed by atoms with van der Waals surface area (Å²) in [6.45, 7) is 12.0. The Morgan fingerprint density at radius 2 is 1.96 bits per heavy atom. The zero-order valence-corrected chi connectivity index (χ0v) is 19.2.